The molecule has 1 aromatic rings. The average Bonchev–Trinajstić information content (AvgIpc) is 2.75. The van der Waals surface area contributed by atoms with Gasteiger partial charge in [-0.1, -0.05) is 24.3 Å². The minimum atomic E-state index is -0.902. The summed E-state index contributed by atoms with van der Waals surface area (Å²) >= 11 is 0. The SMILES string of the molecule is NN1C(=O)NC(=O)C12Cc1ccccc1C2. The highest BCUT2D eigenvalue weighted by atomic mass is 16.2. The predicted octanol–water partition coefficient (Wildman–Crippen LogP) is -0.0505. The number of hydrazine groups is 1. The summed E-state index contributed by atoms with van der Waals surface area (Å²) in [7, 11) is 0. The van der Waals surface area contributed by atoms with Gasteiger partial charge in [0, 0.05) is 12.8 Å². The largest absolute Gasteiger partial charge is 0.339 e. The first kappa shape index (κ1) is 9.35. The molecule has 1 aliphatic heterocycles. The van der Waals surface area contributed by atoms with Crippen LogP contribution in [0.4, 0.5) is 4.79 Å². The third-order valence-electron chi connectivity index (χ3n) is 3.41. The van der Waals surface area contributed by atoms with Crippen molar-refractivity contribution >= 4 is 11.9 Å². The van der Waals surface area contributed by atoms with E-state index >= 15 is 0 Å². The number of carbonyl (C=O) groups excluding carboxylic acids is 2. The average molecular weight is 217 g/mol. The number of nitrogens with two attached hydrogens (primary N) is 1. The van der Waals surface area contributed by atoms with Crippen LogP contribution >= 0.6 is 0 Å². The quantitative estimate of drug-likeness (QED) is 0.363. The van der Waals surface area contributed by atoms with E-state index in [-0.39, 0.29) is 5.91 Å². The number of imide groups is 1. The summed E-state index contributed by atoms with van der Waals surface area (Å²) in [5.74, 6) is 5.39. The predicted molar refractivity (Wildman–Crippen MR) is 56.1 cm³/mol. The molecule has 5 heteroatoms. The number of hydrogen-bond acceptors (Lipinski definition) is 3. The van der Waals surface area contributed by atoms with Crippen molar-refractivity contribution in [2.75, 3.05) is 0 Å². The zero-order valence-electron chi connectivity index (χ0n) is 8.56. The number of nitrogens with one attached hydrogen (secondary N) is 1. The van der Waals surface area contributed by atoms with Gasteiger partial charge in [0.05, 0.1) is 0 Å². The van der Waals surface area contributed by atoms with Crippen LogP contribution in [0.15, 0.2) is 24.3 Å². The molecule has 0 saturated carbocycles. The molecule has 5 nitrogen and oxygen atoms in total. The van der Waals surface area contributed by atoms with E-state index < -0.39 is 11.6 Å². The van der Waals surface area contributed by atoms with Gasteiger partial charge in [-0.2, -0.15) is 0 Å². The van der Waals surface area contributed by atoms with E-state index in [4.69, 9.17) is 5.84 Å². The number of nitrogens with zero attached hydrogens (tertiary/aromatic N) is 1. The van der Waals surface area contributed by atoms with Crippen LogP contribution in [0, 0.1) is 0 Å². The molecule has 2 aliphatic rings. The summed E-state index contributed by atoms with van der Waals surface area (Å²) in [6, 6.07) is 7.26. The van der Waals surface area contributed by atoms with Gasteiger partial charge in [-0.05, 0) is 11.1 Å². The molecule has 82 valence electrons. The highest BCUT2D eigenvalue weighted by molar-refractivity contribution is 6.07. The molecule has 1 aliphatic carbocycles. The van der Waals surface area contributed by atoms with Crippen LogP contribution in [-0.2, 0) is 17.6 Å². The Kier molecular flexibility index (Phi) is 1.65. The fourth-order valence-corrected chi connectivity index (χ4v) is 2.50. The number of carbonyl (C=O) groups is 2. The lowest BCUT2D eigenvalue weighted by molar-refractivity contribution is -0.126. The van der Waals surface area contributed by atoms with E-state index in [2.05, 4.69) is 5.32 Å². The van der Waals surface area contributed by atoms with Crippen molar-refractivity contribution in [1.82, 2.24) is 10.3 Å². The van der Waals surface area contributed by atoms with Gasteiger partial charge in [0.15, 0.2) is 0 Å². The van der Waals surface area contributed by atoms with E-state index in [1.807, 2.05) is 24.3 Å². The first-order valence-electron chi connectivity index (χ1n) is 5.11. The van der Waals surface area contributed by atoms with Crippen LogP contribution in [0.3, 0.4) is 0 Å². The highest BCUT2D eigenvalue weighted by Gasteiger charge is 2.54. The maximum absolute atomic E-state index is 11.8. The van der Waals surface area contributed by atoms with E-state index in [9.17, 15) is 9.59 Å². The summed E-state index contributed by atoms with van der Waals surface area (Å²) in [6.07, 6.45) is 0.995. The Bertz CT molecular complexity index is 473. The lowest BCUT2D eigenvalue weighted by atomic mass is 9.95. The molecule has 0 atom stereocenters. The summed E-state index contributed by atoms with van der Waals surface area (Å²) < 4.78 is 0. The van der Waals surface area contributed by atoms with E-state index in [1.54, 1.807) is 0 Å². The molecule has 1 saturated heterocycles. The van der Waals surface area contributed by atoms with Crippen LogP contribution in [0.2, 0.25) is 0 Å². The van der Waals surface area contributed by atoms with Crippen molar-refractivity contribution in [3.63, 3.8) is 0 Å². The molecule has 1 spiro atoms. The second kappa shape index (κ2) is 2.82. The number of urea groups is 1. The van der Waals surface area contributed by atoms with Crippen LogP contribution in [-0.4, -0.2) is 22.5 Å². The van der Waals surface area contributed by atoms with Gasteiger partial charge < -0.3 is 0 Å². The maximum Gasteiger partial charge on any atom is 0.339 e. The van der Waals surface area contributed by atoms with E-state index in [0.29, 0.717) is 12.8 Å². The first-order chi connectivity index (χ1) is 7.63. The number of hydrogen-bond donors (Lipinski definition) is 2. The molecule has 3 N–H and O–H groups in total. The normalized spacial score (nSPS) is 21.4. The molecule has 0 unspecified atom stereocenters. The summed E-state index contributed by atoms with van der Waals surface area (Å²) in [5, 5.41) is 3.29. The molecule has 1 heterocycles. The zero-order valence-corrected chi connectivity index (χ0v) is 8.56. The summed E-state index contributed by atoms with van der Waals surface area (Å²) in [4.78, 5) is 23.2. The molecule has 1 fully saturated rings. The monoisotopic (exact) mass is 217 g/mol. The summed E-state index contributed by atoms with van der Waals surface area (Å²) in [6.45, 7) is 0. The van der Waals surface area contributed by atoms with Crippen LogP contribution in [0.5, 0.6) is 0 Å². The van der Waals surface area contributed by atoms with Gasteiger partial charge in [0.25, 0.3) is 5.91 Å². The second-order valence-corrected chi connectivity index (χ2v) is 4.28. The molecule has 16 heavy (non-hydrogen) atoms. The Morgan fingerprint density at radius 1 is 1.19 bits per heavy atom. The van der Waals surface area contributed by atoms with Crippen LogP contribution in [0.25, 0.3) is 0 Å². The van der Waals surface area contributed by atoms with Gasteiger partial charge in [-0.25, -0.2) is 15.6 Å². The Morgan fingerprint density at radius 3 is 2.19 bits per heavy atom. The standard InChI is InChI=1S/C11H11N3O2/c12-14-10(16)13-9(15)11(14)5-7-3-1-2-4-8(7)6-11/h1-4H,5-6,12H2,(H,13,15,16). The van der Waals surface area contributed by atoms with E-state index in [0.717, 1.165) is 16.1 Å². The van der Waals surface area contributed by atoms with Crippen molar-refractivity contribution in [2.45, 2.75) is 18.4 Å². The fourth-order valence-electron chi connectivity index (χ4n) is 2.50. The Labute approximate surface area is 92.2 Å². The molecule has 0 bridgehead atoms. The lowest BCUT2D eigenvalue weighted by Gasteiger charge is -2.26. The van der Waals surface area contributed by atoms with Crippen molar-refractivity contribution in [1.29, 1.82) is 0 Å². The lowest BCUT2D eigenvalue weighted by Crippen LogP contribution is -2.54. The third-order valence-corrected chi connectivity index (χ3v) is 3.41. The van der Waals surface area contributed by atoms with Gasteiger partial charge in [-0.15, -0.1) is 0 Å². The molecule has 0 radical (unpaired) electrons. The minimum absolute atomic E-state index is 0.295. The first-order valence-corrected chi connectivity index (χ1v) is 5.11. The number of fused-ring (bicyclic) bond motifs is 1. The van der Waals surface area contributed by atoms with Crippen molar-refractivity contribution in [3.05, 3.63) is 35.4 Å². The number of amides is 3. The van der Waals surface area contributed by atoms with Crippen molar-refractivity contribution in [2.24, 2.45) is 5.84 Å². The number of benzene rings is 1. The fraction of sp³-hybridized carbons (Fsp3) is 0.273. The molecule has 1 aromatic carbocycles. The van der Waals surface area contributed by atoms with Crippen LogP contribution < -0.4 is 11.2 Å². The highest BCUT2D eigenvalue weighted by Crippen LogP contribution is 2.35. The Morgan fingerprint density at radius 2 is 1.75 bits per heavy atom. The molecular formula is C11H11N3O2. The second-order valence-electron chi connectivity index (χ2n) is 4.28. The van der Waals surface area contributed by atoms with Gasteiger partial charge in [-0.3, -0.25) is 10.1 Å². The van der Waals surface area contributed by atoms with Crippen molar-refractivity contribution in [3.8, 4) is 0 Å². The van der Waals surface area contributed by atoms with Gasteiger partial charge in [0.2, 0.25) is 0 Å². The van der Waals surface area contributed by atoms with Crippen LogP contribution in [0.1, 0.15) is 11.1 Å². The molecular weight excluding hydrogens is 206 g/mol. The Balaban J connectivity index is 2.06. The molecule has 0 aromatic heterocycles. The smallest absolute Gasteiger partial charge is 0.275 e. The number of rotatable bonds is 0. The van der Waals surface area contributed by atoms with Crippen molar-refractivity contribution < 1.29 is 9.59 Å². The minimum Gasteiger partial charge on any atom is -0.275 e. The van der Waals surface area contributed by atoms with E-state index in [1.165, 1.54) is 0 Å². The molecule has 3 amide bonds. The third kappa shape index (κ3) is 0.979. The van der Waals surface area contributed by atoms with Gasteiger partial charge >= 0.3 is 6.03 Å². The maximum atomic E-state index is 11.8. The molecule has 3 rings (SSSR count). The van der Waals surface area contributed by atoms with Gasteiger partial charge in [0.1, 0.15) is 5.54 Å². The summed E-state index contributed by atoms with van der Waals surface area (Å²) in [5.41, 5.74) is 1.27. The topological polar surface area (TPSA) is 75.4 Å². The zero-order chi connectivity index (χ0) is 11.3. The Hall–Kier alpha value is -1.88.